The van der Waals surface area contributed by atoms with Crippen molar-refractivity contribution in [1.29, 1.82) is 0 Å². The standard InChI is InChI=1S/C19H22O3/c1-13(15-6-8-17(20-3)9-7-15)14(2)16-10-18(21-4)12-19(11-16)22-5/h6-12H,1-5H3. The second kappa shape index (κ2) is 7.03. The molecule has 0 heterocycles. The van der Waals surface area contributed by atoms with E-state index in [9.17, 15) is 0 Å². The van der Waals surface area contributed by atoms with Crippen LogP contribution in [0.2, 0.25) is 0 Å². The Morgan fingerprint density at radius 1 is 0.591 bits per heavy atom. The van der Waals surface area contributed by atoms with Crippen molar-refractivity contribution in [3.63, 3.8) is 0 Å². The minimum absolute atomic E-state index is 0.788. The Bertz CT molecular complexity index is 647. The van der Waals surface area contributed by atoms with Crippen LogP contribution in [0.1, 0.15) is 25.0 Å². The first-order valence-corrected chi connectivity index (χ1v) is 7.14. The SMILES string of the molecule is COc1ccc(C(C)=C(C)c2cc(OC)cc(OC)c2)cc1. The predicted octanol–water partition coefficient (Wildman–Crippen LogP) is 4.66. The monoisotopic (exact) mass is 298 g/mol. The predicted molar refractivity (Wildman–Crippen MR) is 90.7 cm³/mol. The molecule has 0 bridgehead atoms. The van der Waals surface area contributed by atoms with Crippen LogP contribution in [0.5, 0.6) is 17.2 Å². The van der Waals surface area contributed by atoms with E-state index in [0.717, 1.165) is 22.8 Å². The van der Waals surface area contributed by atoms with E-state index in [4.69, 9.17) is 14.2 Å². The summed E-state index contributed by atoms with van der Waals surface area (Å²) in [4.78, 5) is 0. The Kier molecular flexibility index (Phi) is 5.10. The maximum absolute atomic E-state index is 5.34. The van der Waals surface area contributed by atoms with Gasteiger partial charge in [-0.15, -0.1) is 0 Å². The lowest BCUT2D eigenvalue weighted by Gasteiger charge is -2.12. The van der Waals surface area contributed by atoms with Crippen molar-refractivity contribution in [2.45, 2.75) is 13.8 Å². The Labute approximate surface area is 132 Å². The zero-order valence-electron chi connectivity index (χ0n) is 13.8. The fourth-order valence-electron chi connectivity index (χ4n) is 2.30. The van der Waals surface area contributed by atoms with Gasteiger partial charge in [-0.25, -0.2) is 0 Å². The molecule has 2 aromatic carbocycles. The van der Waals surface area contributed by atoms with Gasteiger partial charge in [0.25, 0.3) is 0 Å². The van der Waals surface area contributed by atoms with Crippen LogP contribution >= 0.6 is 0 Å². The molecule has 0 spiro atoms. The van der Waals surface area contributed by atoms with E-state index in [1.54, 1.807) is 21.3 Å². The maximum atomic E-state index is 5.34. The third kappa shape index (κ3) is 3.42. The van der Waals surface area contributed by atoms with Crippen molar-refractivity contribution >= 4 is 11.1 Å². The molecule has 0 amide bonds. The molecule has 3 heteroatoms. The number of allylic oxidation sites excluding steroid dienone is 2. The number of ether oxygens (including phenoxy) is 3. The van der Waals surface area contributed by atoms with Crippen LogP contribution < -0.4 is 14.2 Å². The molecular formula is C19H22O3. The minimum Gasteiger partial charge on any atom is -0.497 e. The fourth-order valence-corrected chi connectivity index (χ4v) is 2.30. The first kappa shape index (κ1) is 16.0. The third-order valence-corrected chi connectivity index (χ3v) is 3.87. The van der Waals surface area contributed by atoms with Crippen molar-refractivity contribution in [2.75, 3.05) is 21.3 Å². The van der Waals surface area contributed by atoms with Crippen LogP contribution in [0.4, 0.5) is 0 Å². The summed E-state index contributed by atoms with van der Waals surface area (Å²) in [6.07, 6.45) is 0. The Morgan fingerprint density at radius 3 is 1.50 bits per heavy atom. The highest BCUT2D eigenvalue weighted by Gasteiger charge is 2.07. The molecule has 116 valence electrons. The number of methoxy groups -OCH3 is 3. The van der Waals surface area contributed by atoms with Gasteiger partial charge in [-0.2, -0.15) is 0 Å². The van der Waals surface area contributed by atoms with Gasteiger partial charge in [-0.1, -0.05) is 12.1 Å². The van der Waals surface area contributed by atoms with Crippen LogP contribution in [-0.4, -0.2) is 21.3 Å². The number of benzene rings is 2. The average Bonchev–Trinajstić information content (AvgIpc) is 2.59. The van der Waals surface area contributed by atoms with Crippen LogP contribution in [0, 0.1) is 0 Å². The number of hydrogen-bond acceptors (Lipinski definition) is 3. The lowest BCUT2D eigenvalue weighted by molar-refractivity contribution is 0.394. The van der Waals surface area contributed by atoms with Gasteiger partial charge in [0.15, 0.2) is 0 Å². The second-order valence-electron chi connectivity index (χ2n) is 5.08. The van der Waals surface area contributed by atoms with Crippen molar-refractivity contribution in [2.24, 2.45) is 0 Å². The van der Waals surface area contributed by atoms with Gasteiger partial charge < -0.3 is 14.2 Å². The van der Waals surface area contributed by atoms with E-state index in [1.807, 2.05) is 30.3 Å². The summed E-state index contributed by atoms with van der Waals surface area (Å²) in [5.41, 5.74) is 4.64. The molecule has 3 nitrogen and oxygen atoms in total. The van der Waals surface area contributed by atoms with Gasteiger partial charge in [0, 0.05) is 6.07 Å². The van der Waals surface area contributed by atoms with E-state index in [1.165, 1.54) is 16.7 Å². The molecule has 22 heavy (non-hydrogen) atoms. The molecule has 0 unspecified atom stereocenters. The van der Waals surface area contributed by atoms with Gasteiger partial charge in [-0.3, -0.25) is 0 Å². The summed E-state index contributed by atoms with van der Waals surface area (Å²) in [6, 6.07) is 14.0. The van der Waals surface area contributed by atoms with E-state index < -0.39 is 0 Å². The van der Waals surface area contributed by atoms with E-state index in [2.05, 4.69) is 26.0 Å². The summed E-state index contributed by atoms with van der Waals surface area (Å²) in [6.45, 7) is 4.22. The molecule has 0 N–H and O–H groups in total. The molecule has 0 aliphatic rings. The molecule has 0 aromatic heterocycles. The van der Waals surface area contributed by atoms with Gasteiger partial charge in [0.2, 0.25) is 0 Å². The van der Waals surface area contributed by atoms with Gasteiger partial charge >= 0.3 is 0 Å². The topological polar surface area (TPSA) is 27.7 Å². The van der Waals surface area contributed by atoms with E-state index >= 15 is 0 Å². The minimum atomic E-state index is 0.788. The molecule has 0 saturated carbocycles. The average molecular weight is 298 g/mol. The molecule has 0 atom stereocenters. The third-order valence-electron chi connectivity index (χ3n) is 3.87. The van der Waals surface area contributed by atoms with Gasteiger partial charge in [0.05, 0.1) is 21.3 Å². The molecule has 0 saturated heterocycles. The van der Waals surface area contributed by atoms with E-state index in [0.29, 0.717) is 0 Å². The highest BCUT2D eigenvalue weighted by atomic mass is 16.5. The molecule has 2 rings (SSSR count). The Balaban J connectivity index is 2.44. The quantitative estimate of drug-likeness (QED) is 0.751. The lowest BCUT2D eigenvalue weighted by atomic mass is 9.96. The molecule has 2 aromatic rings. The Hall–Kier alpha value is -2.42. The fraction of sp³-hybridized carbons (Fsp3) is 0.263. The van der Waals surface area contributed by atoms with Crippen LogP contribution in [-0.2, 0) is 0 Å². The smallest absolute Gasteiger partial charge is 0.123 e. The summed E-state index contributed by atoms with van der Waals surface area (Å²) in [7, 11) is 4.99. The Morgan fingerprint density at radius 2 is 1.05 bits per heavy atom. The summed E-state index contributed by atoms with van der Waals surface area (Å²) >= 11 is 0. The van der Waals surface area contributed by atoms with Crippen LogP contribution in [0.15, 0.2) is 42.5 Å². The molecule has 0 radical (unpaired) electrons. The first-order chi connectivity index (χ1) is 10.6. The molecule has 0 fully saturated rings. The number of rotatable bonds is 5. The van der Waals surface area contributed by atoms with Gasteiger partial charge in [0.1, 0.15) is 17.2 Å². The summed E-state index contributed by atoms with van der Waals surface area (Å²) in [5.74, 6) is 2.43. The second-order valence-corrected chi connectivity index (χ2v) is 5.08. The lowest BCUT2D eigenvalue weighted by Crippen LogP contribution is -1.92. The highest BCUT2D eigenvalue weighted by molar-refractivity contribution is 5.89. The first-order valence-electron chi connectivity index (χ1n) is 7.14. The molecule has 0 aliphatic heterocycles. The van der Waals surface area contributed by atoms with Crippen molar-refractivity contribution in [1.82, 2.24) is 0 Å². The largest absolute Gasteiger partial charge is 0.497 e. The zero-order chi connectivity index (χ0) is 16.1. The van der Waals surface area contributed by atoms with Gasteiger partial charge in [-0.05, 0) is 60.4 Å². The molecular weight excluding hydrogens is 276 g/mol. The summed E-state index contributed by atoms with van der Waals surface area (Å²) < 4.78 is 15.9. The van der Waals surface area contributed by atoms with Crippen molar-refractivity contribution in [3.8, 4) is 17.2 Å². The maximum Gasteiger partial charge on any atom is 0.123 e. The van der Waals surface area contributed by atoms with Crippen LogP contribution in [0.3, 0.4) is 0 Å². The summed E-state index contributed by atoms with van der Waals surface area (Å²) in [5, 5.41) is 0. The zero-order valence-corrected chi connectivity index (χ0v) is 13.8. The van der Waals surface area contributed by atoms with Crippen LogP contribution in [0.25, 0.3) is 11.1 Å². The normalized spacial score (nSPS) is 11.7. The highest BCUT2D eigenvalue weighted by Crippen LogP contribution is 2.31. The number of hydrogen-bond donors (Lipinski definition) is 0. The van der Waals surface area contributed by atoms with E-state index in [-0.39, 0.29) is 0 Å². The molecule has 0 aliphatic carbocycles. The van der Waals surface area contributed by atoms with Crippen molar-refractivity contribution < 1.29 is 14.2 Å². The van der Waals surface area contributed by atoms with Crippen molar-refractivity contribution in [3.05, 3.63) is 53.6 Å².